The standard InChI is InChI=1S/C20H24F2N2O3S/c1-2-3-8-27-17-12-28-20(23-17)14-10-15(21)19(16(22)11-14)24-6-4-13(5-7-24)9-18(25)26/h10-13H,2-9H2,1H3,(H,25,26). The lowest BCUT2D eigenvalue weighted by Crippen LogP contribution is -2.35. The highest BCUT2D eigenvalue weighted by Crippen LogP contribution is 2.34. The molecule has 1 fully saturated rings. The van der Waals surface area contributed by atoms with Crippen LogP contribution in [0.3, 0.4) is 0 Å². The molecule has 0 bridgehead atoms. The van der Waals surface area contributed by atoms with Crippen molar-refractivity contribution in [2.75, 3.05) is 24.6 Å². The van der Waals surface area contributed by atoms with Gasteiger partial charge in [-0.05, 0) is 37.3 Å². The Morgan fingerprint density at radius 1 is 1.32 bits per heavy atom. The number of carboxylic acids is 1. The second-order valence-corrected chi connectivity index (χ2v) is 7.87. The molecule has 0 saturated carbocycles. The monoisotopic (exact) mass is 410 g/mol. The van der Waals surface area contributed by atoms with Crippen molar-refractivity contribution in [1.82, 2.24) is 4.98 Å². The molecular weight excluding hydrogens is 386 g/mol. The van der Waals surface area contributed by atoms with Crippen molar-refractivity contribution in [1.29, 1.82) is 0 Å². The van der Waals surface area contributed by atoms with Crippen LogP contribution in [-0.2, 0) is 4.79 Å². The number of aromatic nitrogens is 1. The van der Waals surface area contributed by atoms with Crippen LogP contribution in [0, 0.1) is 17.6 Å². The molecule has 0 amide bonds. The predicted octanol–water partition coefficient (Wildman–Crippen LogP) is 4.96. The summed E-state index contributed by atoms with van der Waals surface area (Å²) in [7, 11) is 0. The van der Waals surface area contributed by atoms with E-state index in [0.717, 1.165) is 12.8 Å². The minimum absolute atomic E-state index is 0.0477. The molecule has 0 aliphatic carbocycles. The number of ether oxygens (including phenoxy) is 1. The molecule has 3 rings (SSSR count). The molecule has 5 nitrogen and oxygen atoms in total. The summed E-state index contributed by atoms with van der Waals surface area (Å²) in [5.74, 6) is -1.56. The van der Waals surface area contributed by atoms with Gasteiger partial charge >= 0.3 is 5.97 Å². The van der Waals surface area contributed by atoms with Crippen LogP contribution in [0.25, 0.3) is 10.6 Å². The highest BCUT2D eigenvalue weighted by molar-refractivity contribution is 7.13. The number of carboxylic acid groups (broad SMARTS) is 1. The van der Waals surface area contributed by atoms with E-state index in [0.29, 0.717) is 49.0 Å². The Balaban J connectivity index is 1.70. The average molecular weight is 410 g/mol. The Morgan fingerprint density at radius 2 is 2.00 bits per heavy atom. The number of halogens is 2. The van der Waals surface area contributed by atoms with E-state index in [1.54, 1.807) is 10.3 Å². The van der Waals surface area contributed by atoms with E-state index in [1.807, 2.05) is 0 Å². The first-order valence-electron chi connectivity index (χ1n) is 9.52. The Morgan fingerprint density at radius 3 is 2.61 bits per heavy atom. The fraction of sp³-hybridized carbons (Fsp3) is 0.500. The number of carbonyl (C=O) groups is 1. The smallest absolute Gasteiger partial charge is 0.303 e. The fourth-order valence-electron chi connectivity index (χ4n) is 3.38. The topological polar surface area (TPSA) is 62.7 Å². The van der Waals surface area contributed by atoms with Gasteiger partial charge in [-0.3, -0.25) is 4.79 Å². The Bertz CT molecular complexity index is 797. The summed E-state index contributed by atoms with van der Waals surface area (Å²) >= 11 is 1.29. The first-order valence-corrected chi connectivity index (χ1v) is 10.4. The number of thiazole rings is 1. The van der Waals surface area contributed by atoms with Crippen molar-refractivity contribution < 1.29 is 23.4 Å². The maximum absolute atomic E-state index is 14.7. The molecule has 1 aliphatic rings. The summed E-state index contributed by atoms with van der Waals surface area (Å²) in [4.78, 5) is 16.8. The van der Waals surface area contributed by atoms with Crippen LogP contribution in [0.15, 0.2) is 17.5 Å². The lowest BCUT2D eigenvalue weighted by atomic mass is 9.93. The summed E-state index contributed by atoms with van der Waals surface area (Å²) in [6, 6.07) is 2.60. The van der Waals surface area contributed by atoms with Crippen molar-refractivity contribution in [3.05, 3.63) is 29.1 Å². The van der Waals surface area contributed by atoms with Crippen LogP contribution >= 0.6 is 11.3 Å². The summed E-state index contributed by atoms with van der Waals surface area (Å²) in [5.41, 5.74) is 0.336. The molecule has 152 valence electrons. The molecular formula is C20H24F2N2O3S. The van der Waals surface area contributed by atoms with Crippen LogP contribution < -0.4 is 9.64 Å². The molecule has 8 heteroatoms. The number of rotatable bonds is 8. The third-order valence-corrected chi connectivity index (χ3v) is 5.76. The van der Waals surface area contributed by atoms with E-state index in [1.165, 1.54) is 23.5 Å². The van der Waals surface area contributed by atoms with Crippen molar-refractivity contribution in [2.24, 2.45) is 5.92 Å². The highest BCUT2D eigenvalue weighted by Gasteiger charge is 2.26. The van der Waals surface area contributed by atoms with E-state index in [-0.39, 0.29) is 18.0 Å². The Hall–Kier alpha value is -2.22. The zero-order valence-electron chi connectivity index (χ0n) is 15.8. The molecule has 0 unspecified atom stereocenters. The quantitative estimate of drug-likeness (QED) is 0.624. The SMILES string of the molecule is CCCCOc1csc(-c2cc(F)c(N3CCC(CC(=O)O)CC3)c(F)c2)n1. The molecule has 0 spiro atoms. The van der Waals surface area contributed by atoms with Gasteiger partial charge in [0.05, 0.1) is 12.0 Å². The van der Waals surface area contributed by atoms with Gasteiger partial charge in [-0.2, -0.15) is 0 Å². The van der Waals surface area contributed by atoms with Gasteiger partial charge in [0, 0.05) is 25.1 Å². The summed E-state index contributed by atoms with van der Waals surface area (Å²) in [5, 5.41) is 11.1. The molecule has 2 aromatic rings. The van der Waals surface area contributed by atoms with E-state index in [2.05, 4.69) is 11.9 Å². The van der Waals surface area contributed by atoms with Crippen molar-refractivity contribution in [3.63, 3.8) is 0 Å². The molecule has 1 aromatic heterocycles. The van der Waals surface area contributed by atoms with Gasteiger partial charge in [-0.1, -0.05) is 13.3 Å². The highest BCUT2D eigenvalue weighted by atomic mass is 32.1. The van der Waals surface area contributed by atoms with Crippen LogP contribution in [0.1, 0.15) is 39.0 Å². The van der Waals surface area contributed by atoms with Crippen molar-refractivity contribution >= 4 is 23.0 Å². The number of hydrogen-bond donors (Lipinski definition) is 1. The summed E-state index contributed by atoms with van der Waals surface area (Å²) in [6.07, 6.45) is 3.26. The molecule has 1 N–H and O–H groups in total. The van der Waals surface area contributed by atoms with Gasteiger partial charge in [-0.15, -0.1) is 11.3 Å². The van der Waals surface area contributed by atoms with Crippen LogP contribution in [0.5, 0.6) is 5.88 Å². The first-order chi connectivity index (χ1) is 13.5. The normalized spacial score (nSPS) is 15.0. The maximum Gasteiger partial charge on any atom is 0.303 e. The van der Waals surface area contributed by atoms with E-state index >= 15 is 0 Å². The van der Waals surface area contributed by atoms with Crippen LogP contribution in [-0.4, -0.2) is 35.8 Å². The van der Waals surface area contributed by atoms with E-state index in [4.69, 9.17) is 9.84 Å². The summed E-state index contributed by atoms with van der Waals surface area (Å²) < 4.78 is 35.0. The van der Waals surface area contributed by atoms with Crippen molar-refractivity contribution in [2.45, 2.75) is 39.0 Å². The predicted molar refractivity (Wildman–Crippen MR) is 105 cm³/mol. The second kappa shape index (κ2) is 9.32. The number of anilines is 1. The number of unbranched alkanes of at least 4 members (excludes halogenated alkanes) is 1. The number of hydrogen-bond acceptors (Lipinski definition) is 5. The zero-order chi connectivity index (χ0) is 20.1. The lowest BCUT2D eigenvalue weighted by molar-refractivity contribution is -0.138. The van der Waals surface area contributed by atoms with E-state index < -0.39 is 17.6 Å². The average Bonchev–Trinajstić information content (AvgIpc) is 3.11. The van der Waals surface area contributed by atoms with Gasteiger partial charge in [-0.25, -0.2) is 13.8 Å². The van der Waals surface area contributed by atoms with Gasteiger partial charge < -0.3 is 14.7 Å². The zero-order valence-corrected chi connectivity index (χ0v) is 16.6. The minimum Gasteiger partial charge on any atom is -0.481 e. The van der Waals surface area contributed by atoms with E-state index in [9.17, 15) is 13.6 Å². The molecule has 0 radical (unpaired) electrons. The first kappa shape index (κ1) is 20.5. The molecule has 28 heavy (non-hydrogen) atoms. The van der Waals surface area contributed by atoms with Gasteiger partial charge in [0.15, 0.2) is 0 Å². The third kappa shape index (κ3) is 4.98. The van der Waals surface area contributed by atoms with Gasteiger partial charge in [0.2, 0.25) is 5.88 Å². The number of nitrogens with zero attached hydrogens (tertiary/aromatic N) is 2. The van der Waals surface area contributed by atoms with Crippen LogP contribution in [0.2, 0.25) is 0 Å². The minimum atomic E-state index is -0.832. The molecule has 2 heterocycles. The molecule has 1 aromatic carbocycles. The molecule has 1 aliphatic heterocycles. The largest absolute Gasteiger partial charge is 0.481 e. The fourth-order valence-corrected chi connectivity index (χ4v) is 4.11. The van der Waals surface area contributed by atoms with Crippen LogP contribution in [0.4, 0.5) is 14.5 Å². The number of benzene rings is 1. The van der Waals surface area contributed by atoms with Gasteiger partial charge in [0.25, 0.3) is 0 Å². The Labute approximate surface area is 167 Å². The Kier molecular flexibility index (Phi) is 6.83. The summed E-state index contributed by atoms with van der Waals surface area (Å²) in [6.45, 7) is 3.52. The molecule has 0 atom stereocenters. The number of piperidine rings is 1. The third-order valence-electron chi connectivity index (χ3n) is 4.89. The lowest BCUT2D eigenvalue weighted by Gasteiger charge is -2.33. The molecule has 1 saturated heterocycles. The number of aliphatic carboxylic acids is 1. The maximum atomic E-state index is 14.7. The van der Waals surface area contributed by atoms with Crippen molar-refractivity contribution in [3.8, 4) is 16.5 Å². The second-order valence-electron chi connectivity index (χ2n) is 7.01. The van der Waals surface area contributed by atoms with Gasteiger partial charge in [0.1, 0.15) is 22.3 Å².